The number of hydrogen-bond donors (Lipinski definition) is 1. The van der Waals surface area contributed by atoms with Gasteiger partial charge in [0.15, 0.2) is 0 Å². The second kappa shape index (κ2) is 9.78. The summed E-state index contributed by atoms with van der Waals surface area (Å²) in [6.45, 7) is 13.9. The van der Waals surface area contributed by atoms with Crippen molar-refractivity contribution in [3.63, 3.8) is 0 Å². The lowest BCUT2D eigenvalue weighted by Gasteiger charge is -2.32. The van der Waals surface area contributed by atoms with Gasteiger partial charge in [0.25, 0.3) is 0 Å². The van der Waals surface area contributed by atoms with Crippen molar-refractivity contribution >= 4 is 0 Å². The summed E-state index contributed by atoms with van der Waals surface area (Å²) in [6.07, 6.45) is 2.26. The van der Waals surface area contributed by atoms with Crippen molar-refractivity contribution in [2.45, 2.75) is 54.0 Å². The van der Waals surface area contributed by atoms with Crippen LogP contribution in [0.3, 0.4) is 0 Å². The molecule has 142 valence electrons. The van der Waals surface area contributed by atoms with Gasteiger partial charge in [-0.25, -0.2) is 0 Å². The van der Waals surface area contributed by atoms with Crippen LogP contribution in [0.25, 0.3) is 0 Å². The standard InChI is InChI=1S/C24H35NO/c1-6-20(3)24(4,5)17-21-12-9-10-14-23(21)26-16-15-25-18-22-13-8-7-11-19(22)2/h7-14,20,25H,6,15-18H2,1-5H3. The van der Waals surface area contributed by atoms with Crippen LogP contribution >= 0.6 is 0 Å². The third kappa shape index (κ3) is 5.88. The largest absolute Gasteiger partial charge is 0.492 e. The van der Waals surface area contributed by atoms with E-state index in [0.717, 1.165) is 25.3 Å². The van der Waals surface area contributed by atoms with Crippen LogP contribution in [0.15, 0.2) is 48.5 Å². The van der Waals surface area contributed by atoms with E-state index < -0.39 is 0 Å². The minimum absolute atomic E-state index is 0.275. The normalized spacial score (nSPS) is 12.8. The van der Waals surface area contributed by atoms with E-state index in [0.29, 0.717) is 12.5 Å². The Bertz CT molecular complexity index is 677. The quantitative estimate of drug-likeness (QED) is 0.547. The molecule has 1 N–H and O–H groups in total. The van der Waals surface area contributed by atoms with Crippen molar-refractivity contribution < 1.29 is 4.74 Å². The molecule has 26 heavy (non-hydrogen) atoms. The van der Waals surface area contributed by atoms with Crippen LogP contribution in [0.5, 0.6) is 5.75 Å². The Morgan fingerprint density at radius 1 is 1.00 bits per heavy atom. The molecule has 2 heteroatoms. The Hall–Kier alpha value is -1.80. The smallest absolute Gasteiger partial charge is 0.122 e. The number of aryl methyl sites for hydroxylation is 1. The average Bonchev–Trinajstić information content (AvgIpc) is 2.63. The van der Waals surface area contributed by atoms with Gasteiger partial charge >= 0.3 is 0 Å². The van der Waals surface area contributed by atoms with E-state index in [1.165, 1.54) is 23.1 Å². The lowest BCUT2D eigenvalue weighted by atomic mass is 9.74. The van der Waals surface area contributed by atoms with Gasteiger partial charge in [-0.1, -0.05) is 76.6 Å². The highest BCUT2D eigenvalue weighted by Crippen LogP contribution is 2.35. The van der Waals surface area contributed by atoms with Gasteiger partial charge in [0, 0.05) is 13.1 Å². The zero-order valence-corrected chi connectivity index (χ0v) is 17.1. The molecule has 0 aliphatic carbocycles. The van der Waals surface area contributed by atoms with E-state index in [-0.39, 0.29) is 5.41 Å². The molecule has 2 nitrogen and oxygen atoms in total. The molecule has 0 heterocycles. The Balaban J connectivity index is 1.85. The van der Waals surface area contributed by atoms with E-state index >= 15 is 0 Å². The van der Waals surface area contributed by atoms with Gasteiger partial charge in [-0.05, 0) is 47.4 Å². The SMILES string of the molecule is CCC(C)C(C)(C)Cc1ccccc1OCCNCc1ccccc1C. The Morgan fingerprint density at radius 3 is 2.35 bits per heavy atom. The van der Waals surface area contributed by atoms with E-state index in [2.05, 4.69) is 88.5 Å². The first-order valence-corrected chi connectivity index (χ1v) is 9.90. The van der Waals surface area contributed by atoms with Gasteiger partial charge in [-0.15, -0.1) is 0 Å². The summed E-state index contributed by atoms with van der Waals surface area (Å²) in [7, 11) is 0. The number of rotatable bonds is 10. The van der Waals surface area contributed by atoms with Gasteiger partial charge < -0.3 is 10.1 Å². The molecule has 0 bridgehead atoms. The zero-order valence-electron chi connectivity index (χ0n) is 17.1. The average molecular weight is 354 g/mol. The van der Waals surface area contributed by atoms with Crippen molar-refractivity contribution in [2.75, 3.05) is 13.2 Å². The summed E-state index contributed by atoms with van der Waals surface area (Å²) in [6, 6.07) is 17.0. The van der Waals surface area contributed by atoms with Crippen LogP contribution in [0, 0.1) is 18.3 Å². The maximum atomic E-state index is 6.10. The van der Waals surface area contributed by atoms with E-state index in [1.807, 2.05) is 0 Å². The molecule has 0 aliphatic rings. The Morgan fingerprint density at radius 2 is 1.65 bits per heavy atom. The van der Waals surface area contributed by atoms with Gasteiger partial charge in [0.2, 0.25) is 0 Å². The molecular weight excluding hydrogens is 318 g/mol. The van der Waals surface area contributed by atoms with E-state index in [9.17, 15) is 0 Å². The summed E-state index contributed by atoms with van der Waals surface area (Å²) in [5, 5.41) is 3.48. The molecule has 2 rings (SSSR count). The van der Waals surface area contributed by atoms with Crippen molar-refractivity contribution in [1.29, 1.82) is 0 Å². The summed E-state index contributed by atoms with van der Waals surface area (Å²) >= 11 is 0. The monoisotopic (exact) mass is 353 g/mol. The maximum Gasteiger partial charge on any atom is 0.122 e. The first kappa shape index (κ1) is 20.5. The predicted octanol–water partition coefficient (Wildman–Crippen LogP) is 5.78. The maximum absolute atomic E-state index is 6.10. The van der Waals surface area contributed by atoms with Crippen LogP contribution in [0.2, 0.25) is 0 Å². The third-order valence-corrected chi connectivity index (χ3v) is 5.68. The number of para-hydroxylation sites is 1. The zero-order chi connectivity index (χ0) is 19.0. The molecule has 0 saturated heterocycles. The number of nitrogens with one attached hydrogen (secondary N) is 1. The molecule has 1 atom stereocenters. The van der Waals surface area contributed by atoms with Crippen molar-refractivity contribution in [3.05, 3.63) is 65.2 Å². The minimum atomic E-state index is 0.275. The van der Waals surface area contributed by atoms with Crippen LogP contribution < -0.4 is 10.1 Å². The lowest BCUT2D eigenvalue weighted by molar-refractivity contribution is 0.218. The fourth-order valence-corrected chi connectivity index (χ4v) is 3.27. The fraction of sp³-hybridized carbons (Fsp3) is 0.500. The van der Waals surface area contributed by atoms with Gasteiger partial charge in [-0.2, -0.15) is 0 Å². The highest BCUT2D eigenvalue weighted by Gasteiger charge is 2.26. The van der Waals surface area contributed by atoms with Gasteiger partial charge in [0.05, 0.1) is 0 Å². The summed E-state index contributed by atoms with van der Waals surface area (Å²) in [5.41, 5.74) is 4.27. The highest BCUT2D eigenvalue weighted by atomic mass is 16.5. The molecule has 0 amide bonds. The summed E-state index contributed by atoms with van der Waals surface area (Å²) in [5.74, 6) is 1.72. The molecular formula is C24H35NO. The highest BCUT2D eigenvalue weighted by molar-refractivity contribution is 5.34. The second-order valence-electron chi connectivity index (χ2n) is 8.03. The molecule has 0 aromatic heterocycles. The predicted molar refractivity (Wildman–Crippen MR) is 112 cm³/mol. The van der Waals surface area contributed by atoms with Crippen LogP contribution in [-0.4, -0.2) is 13.2 Å². The van der Waals surface area contributed by atoms with Crippen molar-refractivity contribution in [1.82, 2.24) is 5.32 Å². The van der Waals surface area contributed by atoms with Crippen LogP contribution in [0.4, 0.5) is 0 Å². The van der Waals surface area contributed by atoms with E-state index in [1.54, 1.807) is 0 Å². The second-order valence-corrected chi connectivity index (χ2v) is 8.03. The summed E-state index contributed by atoms with van der Waals surface area (Å²) in [4.78, 5) is 0. The van der Waals surface area contributed by atoms with Gasteiger partial charge in [0.1, 0.15) is 12.4 Å². The number of ether oxygens (including phenoxy) is 1. The molecule has 0 saturated carbocycles. The van der Waals surface area contributed by atoms with E-state index in [4.69, 9.17) is 4.74 Å². The third-order valence-electron chi connectivity index (χ3n) is 5.68. The minimum Gasteiger partial charge on any atom is -0.492 e. The molecule has 0 spiro atoms. The molecule has 2 aromatic carbocycles. The van der Waals surface area contributed by atoms with Gasteiger partial charge in [-0.3, -0.25) is 0 Å². The molecule has 2 aromatic rings. The Kier molecular flexibility index (Phi) is 7.71. The number of hydrogen-bond acceptors (Lipinski definition) is 2. The Labute approximate surface area is 160 Å². The first-order valence-electron chi connectivity index (χ1n) is 9.90. The summed E-state index contributed by atoms with van der Waals surface area (Å²) < 4.78 is 6.10. The first-order chi connectivity index (χ1) is 12.4. The lowest BCUT2D eigenvalue weighted by Crippen LogP contribution is -2.25. The molecule has 0 fully saturated rings. The topological polar surface area (TPSA) is 21.3 Å². The van der Waals surface area contributed by atoms with Crippen molar-refractivity contribution in [3.8, 4) is 5.75 Å². The van der Waals surface area contributed by atoms with Crippen LogP contribution in [0.1, 0.15) is 50.8 Å². The number of benzene rings is 2. The van der Waals surface area contributed by atoms with Crippen molar-refractivity contribution in [2.24, 2.45) is 11.3 Å². The fourth-order valence-electron chi connectivity index (χ4n) is 3.27. The molecule has 0 radical (unpaired) electrons. The van der Waals surface area contributed by atoms with Crippen LogP contribution in [-0.2, 0) is 13.0 Å². The molecule has 1 unspecified atom stereocenters. The molecule has 0 aliphatic heterocycles.